The number of halogens is 4. The first-order valence-corrected chi connectivity index (χ1v) is 10.9. The number of alkyl halides is 3. The third kappa shape index (κ3) is 4.07. The molecule has 2 heterocycles. The smallest absolute Gasteiger partial charge is 0.417 e. The SMILES string of the molecule is COc1ccc(N2Cc3cnc(SC)nc3N(c3ccc(Cl)c(C(F)(F)F)c3)C2=O)cc1. The molecule has 11 heteroatoms. The highest BCUT2D eigenvalue weighted by molar-refractivity contribution is 7.98. The zero-order chi connectivity index (χ0) is 23.0. The summed E-state index contributed by atoms with van der Waals surface area (Å²) in [5.74, 6) is 0.838. The van der Waals surface area contributed by atoms with Crippen LogP contribution in [0.4, 0.5) is 35.2 Å². The van der Waals surface area contributed by atoms with Gasteiger partial charge in [0.1, 0.15) is 5.75 Å². The normalized spacial score (nSPS) is 13.9. The van der Waals surface area contributed by atoms with Crippen LogP contribution in [0.2, 0.25) is 5.02 Å². The highest BCUT2D eigenvalue weighted by Gasteiger charge is 2.38. The number of ether oxygens (including phenoxy) is 1. The van der Waals surface area contributed by atoms with Crippen molar-refractivity contribution in [2.75, 3.05) is 23.2 Å². The molecule has 0 spiro atoms. The molecule has 3 aromatic rings. The highest BCUT2D eigenvalue weighted by atomic mass is 35.5. The van der Waals surface area contributed by atoms with Gasteiger partial charge < -0.3 is 4.74 Å². The molecule has 0 saturated carbocycles. The monoisotopic (exact) mass is 480 g/mol. The summed E-state index contributed by atoms with van der Waals surface area (Å²) in [4.78, 5) is 24.8. The molecular formula is C21H16ClF3N4O2S. The van der Waals surface area contributed by atoms with Gasteiger partial charge in [-0.05, 0) is 48.7 Å². The van der Waals surface area contributed by atoms with Crippen LogP contribution in [0.5, 0.6) is 5.75 Å². The van der Waals surface area contributed by atoms with Gasteiger partial charge in [-0.1, -0.05) is 23.4 Å². The van der Waals surface area contributed by atoms with E-state index in [1.165, 1.54) is 29.8 Å². The van der Waals surface area contributed by atoms with Crippen LogP contribution in [-0.2, 0) is 12.7 Å². The van der Waals surface area contributed by atoms with Crippen LogP contribution in [0.1, 0.15) is 11.1 Å². The summed E-state index contributed by atoms with van der Waals surface area (Å²) in [6.07, 6.45) is -1.34. The number of methoxy groups -OCH3 is 1. The Morgan fingerprint density at radius 2 is 1.81 bits per heavy atom. The predicted octanol–water partition coefficient (Wildman–Crippen LogP) is 6.16. The summed E-state index contributed by atoms with van der Waals surface area (Å²) in [5.41, 5.74) is 0.0933. The first kappa shape index (κ1) is 22.2. The Bertz CT molecular complexity index is 1170. The summed E-state index contributed by atoms with van der Waals surface area (Å²) >= 11 is 7.04. The third-order valence-corrected chi connectivity index (χ3v) is 5.75. The lowest BCUT2D eigenvalue weighted by atomic mass is 10.1. The molecule has 32 heavy (non-hydrogen) atoms. The van der Waals surface area contributed by atoms with Crippen molar-refractivity contribution >= 4 is 46.6 Å². The van der Waals surface area contributed by atoms with Crippen LogP contribution in [0.3, 0.4) is 0 Å². The van der Waals surface area contributed by atoms with Crippen LogP contribution < -0.4 is 14.5 Å². The third-order valence-electron chi connectivity index (χ3n) is 4.86. The Morgan fingerprint density at radius 3 is 2.44 bits per heavy atom. The maximum absolute atomic E-state index is 13.5. The average Bonchev–Trinajstić information content (AvgIpc) is 2.78. The largest absolute Gasteiger partial charge is 0.497 e. The van der Waals surface area contributed by atoms with Gasteiger partial charge in [-0.3, -0.25) is 4.90 Å². The zero-order valence-electron chi connectivity index (χ0n) is 16.9. The second-order valence-corrected chi connectivity index (χ2v) is 7.95. The molecule has 1 aliphatic rings. The molecule has 0 fully saturated rings. The van der Waals surface area contributed by atoms with Gasteiger partial charge in [-0.2, -0.15) is 13.2 Å². The molecule has 1 aromatic heterocycles. The minimum Gasteiger partial charge on any atom is -0.497 e. The molecular weight excluding hydrogens is 465 g/mol. The lowest BCUT2D eigenvalue weighted by molar-refractivity contribution is -0.137. The fourth-order valence-electron chi connectivity index (χ4n) is 3.30. The summed E-state index contributed by atoms with van der Waals surface area (Å²) in [7, 11) is 1.53. The summed E-state index contributed by atoms with van der Waals surface area (Å²) in [6, 6.07) is 9.55. The minimum absolute atomic E-state index is 0.00283. The van der Waals surface area contributed by atoms with Gasteiger partial charge in [0.05, 0.1) is 29.9 Å². The van der Waals surface area contributed by atoms with Crippen molar-refractivity contribution in [3.05, 3.63) is 64.8 Å². The molecule has 0 bridgehead atoms. The number of carbonyl (C=O) groups is 1. The van der Waals surface area contributed by atoms with Crippen LogP contribution in [0, 0.1) is 0 Å². The maximum Gasteiger partial charge on any atom is 0.417 e. The van der Waals surface area contributed by atoms with E-state index in [2.05, 4.69) is 9.97 Å². The van der Waals surface area contributed by atoms with Crippen molar-refractivity contribution in [1.29, 1.82) is 0 Å². The predicted molar refractivity (Wildman–Crippen MR) is 117 cm³/mol. The van der Waals surface area contributed by atoms with Gasteiger partial charge in [0.15, 0.2) is 11.0 Å². The van der Waals surface area contributed by atoms with E-state index in [4.69, 9.17) is 16.3 Å². The molecule has 0 atom stereocenters. The first-order valence-electron chi connectivity index (χ1n) is 9.25. The zero-order valence-corrected chi connectivity index (χ0v) is 18.4. The number of carbonyl (C=O) groups excluding carboxylic acids is 1. The molecule has 0 unspecified atom stereocenters. The molecule has 4 rings (SSSR count). The van der Waals surface area contributed by atoms with Crippen molar-refractivity contribution in [3.8, 4) is 5.75 Å². The van der Waals surface area contributed by atoms with Crippen molar-refractivity contribution in [3.63, 3.8) is 0 Å². The summed E-state index contributed by atoms with van der Waals surface area (Å²) in [5, 5.41) is -0.0603. The molecule has 0 aliphatic carbocycles. The lowest BCUT2D eigenvalue weighted by Gasteiger charge is -2.36. The summed E-state index contributed by atoms with van der Waals surface area (Å²) < 4.78 is 45.6. The number of thioether (sulfide) groups is 1. The van der Waals surface area contributed by atoms with Crippen molar-refractivity contribution in [2.24, 2.45) is 0 Å². The number of amides is 2. The van der Waals surface area contributed by atoms with Crippen LogP contribution in [0.25, 0.3) is 0 Å². The quantitative estimate of drug-likeness (QED) is 0.331. The van der Waals surface area contributed by atoms with E-state index in [1.54, 1.807) is 36.7 Å². The standard InChI is InChI=1S/C21H16ClF3N4O2S/c1-31-15-6-3-13(4-7-15)28-11-12-10-26-19(32-2)27-18(12)29(20(28)30)14-5-8-17(22)16(9-14)21(23,24)25/h3-10H,11H2,1-2H3. The van der Waals surface area contributed by atoms with Crippen molar-refractivity contribution < 1.29 is 22.7 Å². The molecule has 0 saturated heterocycles. The van der Waals surface area contributed by atoms with E-state index < -0.39 is 22.8 Å². The second-order valence-electron chi connectivity index (χ2n) is 6.77. The van der Waals surface area contributed by atoms with Crippen LogP contribution >= 0.6 is 23.4 Å². The fraction of sp³-hybridized carbons (Fsp3) is 0.190. The van der Waals surface area contributed by atoms with E-state index in [0.29, 0.717) is 22.2 Å². The Hall–Kier alpha value is -2.98. The number of urea groups is 1. The fourth-order valence-corrected chi connectivity index (χ4v) is 3.86. The molecule has 2 amide bonds. The van der Waals surface area contributed by atoms with Gasteiger partial charge in [-0.25, -0.2) is 19.7 Å². The van der Waals surface area contributed by atoms with Crippen molar-refractivity contribution in [1.82, 2.24) is 9.97 Å². The van der Waals surface area contributed by atoms with E-state index in [9.17, 15) is 18.0 Å². The van der Waals surface area contributed by atoms with Gasteiger partial charge >= 0.3 is 12.2 Å². The average molecular weight is 481 g/mol. The van der Waals surface area contributed by atoms with E-state index in [1.807, 2.05) is 0 Å². The van der Waals surface area contributed by atoms with Gasteiger partial charge in [0, 0.05) is 17.4 Å². The Morgan fingerprint density at radius 1 is 1.12 bits per heavy atom. The van der Waals surface area contributed by atoms with E-state index in [0.717, 1.165) is 17.0 Å². The number of anilines is 3. The number of fused-ring (bicyclic) bond motifs is 1. The van der Waals surface area contributed by atoms with E-state index >= 15 is 0 Å². The topological polar surface area (TPSA) is 58.6 Å². The maximum atomic E-state index is 13.5. The number of aromatic nitrogens is 2. The van der Waals surface area contributed by atoms with Crippen molar-refractivity contribution in [2.45, 2.75) is 17.9 Å². The molecule has 166 valence electrons. The molecule has 2 aromatic carbocycles. The first-order chi connectivity index (χ1) is 15.2. The number of rotatable bonds is 4. The van der Waals surface area contributed by atoms with Gasteiger partial charge in [-0.15, -0.1) is 0 Å². The number of hydrogen-bond acceptors (Lipinski definition) is 5. The molecule has 6 nitrogen and oxygen atoms in total. The number of nitrogens with zero attached hydrogens (tertiary/aromatic N) is 4. The van der Waals surface area contributed by atoms with E-state index in [-0.39, 0.29) is 18.1 Å². The number of hydrogen-bond donors (Lipinski definition) is 0. The molecule has 0 N–H and O–H groups in total. The minimum atomic E-state index is -4.68. The molecule has 0 radical (unpaired) electrons. The van der Waals surface area contributed by atoms with Crippen LogP contribution in [0.15, 0.2) is 53.8 Å². The summed E-state index contributed by atoms with van der Waals surface area (Å²) in [6.45, 7) is 0.158. The Kier molecular flexibility index (Phi) is 5.91. The lowest BCUT2D eigenvalue weighted by Crippen LogP contribution is -2.45. The number of benzene rings is 2. The van der Waals surface area contributed by atoms with Crippen LogP contribution in [-0.4, -0.2) is 29.4 Å². The van der Waals surface area contributed by atoms with Gasteiger partial charge in [0.2, 0.25) is 0 Å². The van der Waals surface area contributed by atoms with Gasteiger partial charge in [0.25, 0.3) is 0 Å². The second kappa shape index (κ2) is 8.51. The Labute approximate surface area is 191 Å². The Balaban J connectivity index is 1.86. The molecule has 1 aliphatic heterocycles. The highest BCUT2D eigenvalue weighted by Crippen LogP contribution is 2.41.